The van der Waals surface area contributed by atoms with Crippen molar-refractivity contribution in [2.45, 2.75) is 44.6 Å². The lowest BCUT2D eigenvalue weighted by Crippen LogP contribution is -2.41. The highest BCUT2D eigenvalue weighted by Gasteiger charge is 2.18. The summed E-state index contributed by atoms with van der Waals surface area (Å²) >= 11 is 0. The third kappa shape index (κ3) is 6.10. The Labute approximate surface area is 133 Å². The average Bonchev–Trinajstić information content (AvgIpc) is 2.55. The summed E-state index contributed by atoms with van der Waals surface area (Å²) in [6, 6.07) is 0. The lowest BCUT2D eigenvalue weighted by atomic mass is 10.1. The number of piperidine rings is 1. The first-order valence-corrected chi connectivity index (χ1v) is 9.86. The fourth-order valence-electron chi connectivity index (χ4n) is 2.76. The number of nitrogens with one attached hydrogen (secondary N) is 1. The van der Waals surface area contributed by atoms with E-state index in [1.807, 2.05) is 4.90 Å². The number of ether oxygens (including phenoxy) is 1. The molecule has 0 aromatic rings. The zero-order valence-corrected chi connectivity index (χ0v) is 14.0. The maximum atomic E-state index is 11.9. The van der Waals surface area contributed by atoms with Crippen molar-refractivity contribution in [1.82, 2.24) is 9.62 Å². The van der Waals surface area contributed by atoms with Crippen molar-refractivity contribution in [2.24, 2.45) is 10.7 Å². The number of nitrogens with zero attached hydrogens (tertiary/aromatic N) is 2. The molecule has 0 spiro atoms. The van der Waals surface area contributed by atoms with Gasteiger partial charge < -0.3 is 15.4 Å². The minimum atomic E-state index is -3.32. The molecule has 0 aromatic carbocycles. The number of nitrogens with two attached hydrogens (primary N) is 1. The van der Waals surface area contributed by atoms with Crippen molar-refractivity contribution in [3.05, 3.63) is 0 Å². The van der Waals surface area contributed by atoms with Gasteiger partial charge in [-0.05, 0) is 38.5 Å². The summed E-state index contributed by atoms with van der Waals surface area (Å²) in [4.78, 5) is 6.22. The molecule has 1 atom stereocenters. The van der Waals surface area contributed by atoms with E-state index in [9.17, 15) is 8.42 Å². The fraction of sp³-hybridized carbons (Fsp3) is 0.929. The summed E-state index contributed by atoms with van der Waals surface area (Å²) in [5.41, 5.74) is 5.91. The van der Waals surface area contributed by atoms with Gasteiger partial charge in [0.2, 0.25) is 10.0 Å². The molecule has 2 rings (SSSR count). The summed E-state index contributed by atoms with van der Waals surface area (Å²) in [6.45, 7) is 3.11. The fourth-order valence-corrected chi connectivity index (χ4v) is 3.68. The van der Waals surface area contributed by atoms with Gasteiger partial charge in [0.05, 0.1) is 18.4 Å². The zero-order chi connectivity index (χ0) is 15.8. The van der Waals surface area contributed by atoms with Crippen LogP contribution in [0.4, 0.5) is 0 Å². The molecule has 2 saturated heterocycles. The van der Waals surface area contributed by atoms with Gasteiger partial charge in [0.15, 0.2) is 5.96 Å². The van der Waals surface area contributed by atoms with Crippen molar-refractivity contribution in [3.8, 4) is 0 Å². The Morgan fingerprint density at radius 3 is 2.68 bits per heavy atom. The van der Waals surface area contributed by atoms with Crippen LogP contribution >= 0.6 is 0 Å². The van der Waals surface area contributed by atoms with E-state index in [0.717, 1.165) is 51.8 Å². The topological polar surface area (TPSA) is 97.0 Å². The van der Waals surface area contributed by atoms with Crippen molar-refractivity contribution in [1.29, 1.82) is 0 Å². The highest BCUT2D eigenvalue weighted by molar-refractivity contribution is 7.89. The number of hydrogen-bond acceptors (Lipinski definition) is 4. The Morgan fingerprint density at radius 2 is 2.00 bits per heavy atom. The molecular weight excluding hydrogens is 304 g/mol. The molecule has 2 aliphatic rings. The third-order valence-electron chi connectivity index (χ3n) is 4.12. The second kappa shape index (κ2) is 8.69. The lowest BCUT2D eigenvalue weighted by Gasteiger charge is -2.27. The van der Waals surface area contributed by atoms with E-state index in [2.05, 4.69) is 9.71 Å². The summed E-state index contributed by atoms with van der Waals surface area (Å²) < 4.78 is 32.0. The van der Waals surface area contributed by atoms with Crippen molar-refractivity contribution >= 4 is 16.0 Å². The molecule has 0 aliphatic carbocycles. The molecule has 3 N–H and O–H groups in total. The first kappa shape index (κ1) is 17.5. The maximum absolute atomic E-state index is 11.9. The Kier molecular flexibility index (Phi) is 6.91. The van der Waals surface area contributed by atoms with E-state index in [0.29, 0.717) is 12.5 Å². The molecule has 2 heterocycles. The second-order valence-electron chi connectivity index (χ2n) is 5.94. The smallest absolute Gasteiger partial charge is 0.213 e. The van der Waals surface area contributed by atoms with E-state index >= 15 is 0 Å². The van der Waals surface area contributed by atoms with Crippen LogP contribution in [0.25, 0.3) is 0 Å². The van der Waals surface area contributed by atoms with Gasteiger partial charge in [-0.3, -0.25) is 4.99 Å². The van der Waals surface area contributed by atoms with E-state index in [1.54, 1.807) is 0 Å². The second-order valence-corrected chi connectivity index (χ2v) is 7.87. The quantitative estimate of drug-likeness (QED) is 0.538. The van der Waals surface area contributed by atoms with E-state index in [-0.39, 0.29) is 18.4 Å². The van der Waals surface area contributed by atoms with Crippen molar-refractivity contribution < 1.29 is 13.2 Å². The monoisotopic (exact) mass is 332 g/mol. The number of guanidine groups is 1. The van der Waals surface area contributed by atoms with Crippen molar-refractivity contribution in [3.63, 3.8) is 0 Å². The summed E-state index contributed by atoms with van der Waals surface area (Å²) in [5.74, 6) is 0.430. The van der Waals surface area contributed by atoms with Crippen LogP contribution in [0.1, 0.15) is 38.5 Å². The Balaban J connectivity index is 1.69. The van der Waals surface area contributed by atoms with Gasteiger partial charge in [0, 0.05) is 26.2 Å². The van der Waals surface area contributed by atoms with Crippen LogP contribution in [-0.4, -0.2) is 63.9 Å². The molecule has 0 bridgehead atoms. The van der Waals surface area contributed by atoms with Crippen LogP contribution in [0, 0.1) is 0 Å². The Bertz CT molecular complexity index is 455. The SMILES string of the molecule is NC(=NCCS(=O)(=O)NCC1CCCCO1)N1CCCCC1. The summed E-state index contributed by atoms with van der Waals surface area (Å²) in [7, 11) is -3.32. The summed E-state index contributed by atoms with van der Waals surface area (Å²) in [5, 5.41) is 0. The predicted octanol–water partition coefficient (Wildman–Crippen LogP) is 0.276. The van der Waals surface area contributed by atoms with Crippen LogP contribution in [0.3, 0.4) is 0 Å². The van der Waals surface area contributed by atoms with Crippen LogP contribution in [-0.2, 0) is 14.8 Å². The maximum Gasteiger partial charge on any atom is 0.213 e. The molecule has 0 amide bonds. The van der Waals surface area contributed by atoms with Crippen LogP contribution in [0.2, 0.25) is 0 Å². The van der Waals surface area contributed by atoms with E-state index in [1.165, 1.54) is 6.42 Å². The molecule has 0 aromatic heterocycles. The number of rotatable bonds is 6. The largest absolute Gasteiger partial charge is 0.377 e. The first-order valence-electron chi connectivity index (χ1n) is 8.21. The minimum Gasteiger partial charge on any atom is -0.377 e. The molecule has 0 saturated carbocycles. The zero-order valence-electron chi connectivity index (χ0n) is 13.2. The first-order chi connectivity index (χ1) is 10.6. The third-order valence-corrected chi connectivity index (χ3v) is 5.45. The van der Waals surface area contributed by atoms with Crippen LogP contribution in [0.15, 0.2) is 4.99 Å². The number of aliphatic imine (C=N–C) groups is 1. The van der Waals surface area contributed by atoms with Gasteiger partial charge in [0.1, 0.15) is 0 Å². The van der Waals surface area contributed by atoms with Crippen LogP contribution < -0.4 is 10.5 Å². The number of sulfonamides is 1. The van der Waals surface area contributed by atoms with Gasteiger partial charge in [-0.1, -0.05) is 0 Å². The minimum absolute atomic E-state index is 0.00504. The molecule has 8 heteroatoms. The molecule has 0 radical (unpaired) electrons. The normalized spacial score (nSPS) is 24.5. The lowest BCUT2D eigenvalue weighted by molar-refractivity contribution is 0.0200. The molecular formula is C14H28N4O3S. The van der Waals surface area contributed by atoms with Gasteiger partial charge in [-0.2, -0.15) is 0 Å². The average molecular weight is 332 g/mol. The molecule has 1 unspecified atom stereocenters. The van der Waals surface area contributed by atoms with Gasteiger partial charge in [0.25, 0.3) is 0 Å². The predicted molar refractivity (Wildman–Crippen MR) is 87.3 cm³/mol. The standard InChI is InChI=1S/C14H28N4O3S/c15-14(18-8-3-1-4-9-18)16-7-11-22(19,20)17-12-13-6-2-5-10-21-13/h13,17H,1-12H2,(H2,15,16). The molecule has 128 valence electrons. The van der Waals surface area contributed by atoms with Gasteiger partial charge in [-0.15, -0.1) is 0 Å². The Morgan fingerprint density at radius 1 is 1.23 bits per heavy atom. The van der Waals surface area contributed by atoms with Crippen LogP contribution in [0.5, 0.6) is 0 Å². The number of hydrogen-bond donors (Lipinski definition) is 2. The number of likely N-dealkylation sites (tertiary alicyclic amines) is 1. The van der Waals surface area contributed by atoms with Crippen molar-refractivity contribution in [2.75, 3.05) is 38.5 Å². The molecule has 22 heavy (non-hydrogen) atoms. The highest BCUT2D eigenvalue weighted by Crippen LogP contribution is 2.12. The van der Waals surface area contributed by atoms with Gasteiger partial charge >= 0.3 is 0 Å². The molecule has 2 fully saturated rings. The highest BCUT2D eigenvalue weighted by atomic mass is 32.2. The molecule has 2 aliphatic heterocycles. The van der Waals surface area contributed by atoms with Gasteiger partial charge in [-0.25, -0.2) is 13.1 Å². The van der Waals surface area contributed by atoms with E-state index in [4.69, 9.17) is 10.5 Å². The molecule has 7 nitrogen and oxygen atoms in total. The van der Waals surface area contributed by atoms with E-state index < -0.39 is 10.0 Å². The Hall–Kier alpha value is -0.860. The summed E-state index contributed by atoms with van der Waals surface area (Å²) in [6.07, 6.45) is 6.56.